The summed E-state index contributed by atoms with van der Waals surface area (Å²) in [4.78, 5) is 8.81. The van der Waals surface area contributed by atoms with Crippen molar-refractivity contribution in [2.24, 2.45) is 0 Å². The van der Waals surface area contributed by atoms with Gasteiger partial charge in [-0.25, -0.2) is 14.6 Å². The van der Waals surface area contributed by atoms with Crippen LogP contribution in [-0.2, 0) is 5.75 Å². The second kappa shape index (κ2) is 7.76. The van der Waals surface area contributed by atoms with E-state index in [1.54, 1.807) is 17.2 Å². The van der Waals surface area contributed by atoms with Crippen molar-refractivity contribution in [3.63, 3.8) is 0 Å². The fourth-order valence-corrected chi connectivity index (χ4v) is 3.91. The lowest BCUT2D eigenvalue weighted by atomic mass is 10.2. The Kier molecular flexibility index (Phi) is 4.82. The van der Waals surface area contributed by atoms with E-state index in [9.17, 15) is 0 Å². The van der Waals surface area contributed by atoms with Crippen LogP contribution in [0.5, 0.6) is 0 Å². The molecule has 9 heteroatoms. The molecule has 0 atom stereocenters. The van der Waals surface area contributed by atoms with Gasteiger partial charge in [-0.05, 0) is 36.4 Å². The lowest BCUT2D eigenvalue weighted by Crippen LogP contribution is -1.97. The van der Waals surface area contributed by atoms with Crippen LogP contribution in [0.2, 0.25) is 0 Å². The molecule has 142 valence electrons. The number of halogens is 1. The number of hydrogen-bond donors (Lipinski definition) is 0. The highest BCUT2D eigenvalue weighted by Gasteiger charge is 2.14. The maximum absolute atomic E-state index is 5.80. The second-order valence-electron chi connectivity index (χ2n) is 6.10. The summed E-state index contributed by atoms with van der Waals surface area (Å²) in [6.45, 7) is 0. The van der Waals surface area contributed by atoms with Crippen molar-refractivity contribution in [2.75, 3.05) is 0 Å². The predicted molar refractivity (Wildman–Crippen MR) is 114 cm³/mol. The molecule has 5 rings (SSSR count). The largest absolute Gasteiger partial charge is 0.420 e. The molecule has 0 aliphatic rings. The van der Waals surface area contributed by atoms with E-state index in [-0.39, 0.29) is 0 Å². The Hall–Kier alpha value is -3.04. The summed E-state index contributed by atoms with van der Waals surface area (Å²) >= 11 is 4.94. The van der Waals surface area contributed by atoms with E-state index in [2.05, 4.69) is 41.2 Å². The average Bonchev–Trinajstić information content (AvgIpc) is 3.41. The van der Waals surface area contributed by atoms with Crippen molar-refractivity contribution < 1.29 is 4.42 Å². The van der Waals surface area contributed by atoms with Gasteiger partial charge in [0.2, 0.25) is 11.8 Å². The molecule has 3 heterocycles. The molecule has 0 aliphatic carbocycles. The molecule has 0 bridgehead atoms. The zero-order chi connectivity index (χ0) is 19.6. The Morgan fingerprint density at radius 3 is 2.62 bits per heavy atom. The number of thioether (sulfide) groups is 1. The fraction of sp³-hybridized carbons (Fsp3) is 0.0500. The van der Waals surface area contributed by atoms with Crippen LogP contribution in [0.3, 0.4) is 0 Å². The van der Waals surface area contributed by atoms with Crippen molar-refractivity contribution in [3.8, 4) is 17.1 Å². The van der Waals surface area contributed by atoms with Gasteiger partial charge < -0.3 is 4.42 Å². The Balaban J connectivity index is 1.38. The first-order chi connectivity index (χ1) is 14.3. The number of benzene rings is 2. The van der Waals surface area contributed by atoms with E-state index in [4.69, 9.17) is 4.42 Å². The number of para-hydroxylation sites is 1. The molecular weight excluding hydrogens is 452 g/mol. The first-order valence-electron chi connectivity index (χ1n) is 8.73. The summed E-state index contributed by atoms with van der Waals surface area (Å²) in [5.74, 6) is 1.54. The third-order valence-electron chi connectivity index (χ3n) is 4.22. The van der Waals surface area contributed by atoms with Crippen LogP contribution >= 0.6 is 27.7 Å². The molecule has 0 aliphatic heterocycles. The second-order valence-corrected chi connectivity index (χ2v) is 7.98. The zero-order valence-electron chi connectivity index (χ0n) is 14.9. The van der Waals surface area contributed by atoms with E-state index in [0.29, 0.717) is 17.5 Å². The Morgan fingerprint density at radius 1 is 0.966 bits per heavy atom. The van der Waals surface area contributed by atoms with Gasteiger partial charge in [0.1, 0.15) is 11.4 Å². The minimum Gasteiger partial charge on any atom is -0.420 e. The van der Waals surface area contributed by atoms with Crippen molar-refractivity contribution in [3.05, 3.63) is 77.5 Å². The van der Waals surface area contributed by atoms with Gasteiger partial charge in [0.15, 0.2) is 5.65 Å². The molecule has 0 radical (unpaired) electrons. The predicted octanol–water partition coefficient (Wildman–Crippen LogP) is 4.92. The first kappa shape index (κ1) is 18.0. The summed E-state index contributed by atoms with van der Waals surface area (Å²) < 4.78 is 8.60. The minimum atomic E-state index is 0.498. The van der Waals surface area contributed by atoms with Gasteiger partial charge in [-0.15, -0.1) is 10.2 Å². The van der Waals surface area contributed by atoms with Crippen LogP contribution in [0.25, 0.3) is 28.2 Å². The third kappa shape index (κ3) is 3.66. The number of aromatic nitrogens is 6. The highest BCUT2D eigenvalue weighted by atomic mass is 79.9. The van der Waals surface area contributed by atoms with Crippen LogP contribution in [-0.4, -0.2) is 29.9 Å². The number of nitrogens with zero attached hydrogens (tertiary/aromatic N) is 6. The molecule has 0 unspecified atom stereocenters. The summed E-state index contributed by atoms with van der Waals surface area (Å²) in [6, 6.07) is 17.6. The van der Waals surface area contributed by atoms with Crippen molar-refractivity contribution in [1.29, 1.82) is 0 Å². The topological polar surface area (TPSA) is 82.5 Å². The van der Waals surface area contributed by atoms with Crippen LogP contribution in [0.4, 0.5) is 0 Å². The van der Waals surface area contributed by atoms with Crippen molar-refractivity contribution in [2.45, 2.75) is 10.8 Å². The van der Waals surface area contributed by atoms with E-state index < -0.39 is 0 Å². The first-order valence-corrected chi connectivity index (χ1v) is 10.5. The Morgan fingerprint density at radius 2 is 1.79 bits per heavy atom. The normalized spacial score (nSPS) is 11.2. The van der Waals surface area contributed by atoms with Gasteiger partial charge >= 0.3 is 0 Å². The number of hydrogen-bond acceptors (Lipinski definition) is 7. The lowest BCUT2D eigenvalue weighted by molar-refractivity contribution is 0.528. The summed E-state index contributed by atoms with van der Waals surface area (Å²) in [7, 11) is 0. The van der Waals surface area contributed by atoms with Crippen LogP contribution in [0, 0.1) is 0 Å². The van der Waals surface area contributed by atoms with Gasteiger partial charge in [0.25, 0.3) is 0 Å². The van der Waals surface area contributed by atoms with Gasteiger partial charge in [0.05, 0.1) is 23.0 Å². The molecule has 0 saturated heterocycles. The third-order valence-corrected chi connectivity index (χ3v) is 5.74. The van der Waals surface area contributed by atoms with Gasteiger partial charge in [-0.3, -0.25) is 0 Å². The molecule has 7 nitrogen and oxygen atoms in total. The average molecular weight is 465 g/mol. The standard InChI is InChI=1S/C20H13BrN6OS/c21-14-8-6-13(7-9-14)19-26-25-17(28-19)11-29-20-16-10-24-27(18(16)22-12-23-20)15-4-2-1-3-5-15/h1-10,12H,11H2. The molecule has 0 N–H and O–H groups in total. The molecule has 2 aromatic carbocycles. The van der Waals surface area contributed by atoms with E-state index in [1.165, 1.54) is 11.8 Å². The van der Waals surface area contributed by atoms with E-state index in [1.807, 2.05) is 54.6 Å². The zero-order valence-corrected chi connectivity index (χ0v) is 17.3. The maximum Gasteiger partial charge on any atom is 0.247 e. The van der Waals surface area contributed by atoms with Crippen molar-refractivity contribution >= 4 is 38.7 Å². The molecule has 0 fully saturated rings. The monoisotopic (exact) mass is 464 g/mol. The molecule has 0 spiro atoms. The van der Waals surface area contributed by atoms with Crippen LogP contribution in [0.15, 0.2) is 81.0 Å². The fourth-order valence-electron chi connectivity index (χ4n) is 2.85. The molecule has 5 aromatic rings. The number of fused-ring (bicyclic) bond motifs is 1. The summed E-state index contributed by atoms with van der Waals surface area (Å²) in [6.07, 6.45) is 3.33. The minimum absolute atomic E-state index is 0.498. The van der Waals surface area contributed by atoms with Gasteiger partial charge in [0, 0.05) is 10.0 Å². The highest BCUT2D eigenvalue weighted by Crippen LogP contribution is 2.29. The summed E-state index contributed by atoms with van der Waals surface area (Å²) in [5, 5.41) is 14.5. The number of rotatable bonds is 5. The van der Waals surface area contributed by atoms with Crippen LogP contribution in [0.1, 0.15) is 5.89 Å². The molecule has 0 amide bonds. The Labute approximate surface area is 178 Å². The maximum atomic E-state index is 5.80. The quantitative estimate of drug-likeness (QED) is 0.269. The smallest absolute Gasteiger partial charge is 0.247 e. The van der Waals surface area contributed by atoms with Crippen molar-refractivity contribution in [1.82, 2.24) is 29.9 Å². The highest BCUT2D eigenvalue weighted by molar-refractivity contribution is 9.10. The molecule has 3 aromatic heterocycles. The van der Waals surface area contributed by atoms with Gasteiger partial charge in [-0.1, -0.05) is 45.9 Å². The van der Waals surface area contributed by atoms with Crippen LogP contribution < -0.4 is 0 Å². The van der Waals surface area contributed by atoms with Gasteiger partial charge in [-0.2, -0.15) is 5.10 Å². The molecule has 29 heavy (non-hydrogen) atoms. The molecular formula is C20H13BrN6OS. The molecule has 0 saturated carbocycles. The van der Waals surface area contributed by atoms with E-state index in [0.717, 1.165) is 31.8 Å². The SMILES string of the molecule is Brc1ccc(-c2nnc(CSc3ncnc4c3cnn4-c3ccccc3)o2)cc1. The van der Waals surface area contributed by atoms with E-state index >= 15 is 0 Å². The Bertz CT molecular complexity index is 1270. The lowest BCUT2D eigenvalue weighted by Gasteiger charge is -2.03. The summed E-state index contributed by atoms with van der Waals surface area (Å²) in [5.41, 5.74) is 2.59.